The fourth-order valence-corrected chi connectivity index (χ4v) is 0. The second kappa shape index (κ2) is 696. The molecule has 1 saturated carbocycles. The summed E-state index contributed by atoms with van der Waals surface area (Å²) in [6.07, 6.45) is 5.75. The van der Waals surface area contributed by atoms with Gasteiger partial charge in [-0.05, 0) is 0 Å². The maximum absolute atomic E-state index is 2.12. The Morgan fingerprint density at radius 1 is 0.292 bits per heavy atom. The van der Waals surface area contributed by atoms with E-state index in [0.717, 1.165) is 0 Å². The minimum absolute atomic E-state index is 1.25. The SMILES string of the molecule is C1CC1.CC.CC.CC.CC.CC.CC.CC.CC.CC.CCC. The molecule has 1 fully saturated rings. The first-order valence-corrected chi connectivity index (χ1v) is 11.9. The molecule has 0 spiro atoms. The van der Waals surface area contributed by atoms with Crippen molar-refractivity contribution in [1.29, 1.82) is 0 Å². The molecule has 164 valence electrons. The van der Waals surface area contributed by atoms with Gasteiger partial charge in [0.15, 0.2) is 0 Å². The highest BCUT2D eigenvalue weighted by Gasteiger charge is 1.95. The fraction of sp³-hybridized carbons (Fsp3) is 1.00. The Kier molecular flexibility index (Phi) is 1880. The van der Waals surface area contributed by atoms with Crippen molar-refractivity contribution in [2.45, 2.75) is 164 Å². The molecule has 0 heteroatoms. The van der Waals surface area contributed by atoms with Gasteiger partial charge in [0.1, 0.15) is 0 Å². The van der Waals surface area contributed by atoms with Crippen molar-refractivity contribution in [3.63, 3.8) is 0 Å². The summed E-state index contributed by atoms with van der Waals surface area (Å²) in [6.45, 7) is 40.2. The summed E-state index contributed by atoms with van der Waals surface area (Å²) in [6, 6.07) is 0. The van der Waals surface area contributed by atoms with Crippen molar-refractivity contribution in [3.05, 3.63) is 0 Å². The second-order valence-electron chi connectivity index (χ2n) is 1.77. The Bertz CT molecular complexity index is 11.2. The minimum Gasteiger partial charge on any atom is -0.0683 e. The van der Waals surface area contributed by atoms with Gasteiger partial charge in [-0.2, -0.15) is 0 Å². The predicted molar refractivity (Wildman–Crippen MR) is 132 cm³/mol. The first kappa shape index (κ1) is 64.8. The summed E-state index contributed by atoms with van der Waals surface area (Å²) in [5, 5.41) is 0. The van der Waals surface area contributed by atoms with Crippen LogP contribution in [0.4, 0.5) is 0 Å². The van der Waals surface area contributed by atoms with Gasteiger partial charge < -0.3 is 0 Å². The van der Waals surface area contributed by atoms with Crippen molar-refractivity contribution < 1.29 is 0 Å². The molecule has 1 rings (SSSR count). The lowest BCUT2D eigenvalue weighted by molar-refractivity contribution is 1.09. The average molecular weight is 357 g/mol. The zero-order valence-corrected chi connectivity index (χ0v) is 22.8. The van der Waals surface area contributed by atoms with Crippen LogP contribution in [0.1, 0.15) is 164 Å². The van der Waals surface area contributed by atoms with E-state index in [1.165, 1.54) is 25.7 Å². The van der Waals surface area contributed by atoms with Crippen LogP contribution in [-0.4, -0.2) is 0 Å². The molecular formula is C24H68. The molecule has 0 aromatic carbocycles. The zero-order chi connectivity index (χ0) is 22.8. The maximum Gasteiger partial charge on any atom is -0.0533 e. The summed E-state index contributed by atoms with van der Waals surface area (Å²) in [5.74, 6) is 0. The van der Waals surface area contributed by atoms with E-state index in [4.69, 9.17) is 0 Å². The second-order valence-corrected chi connectivity index (χ2v) is 1.77. The van der Waals surface area contributed by atoms with Gasteiger partial charge in [0, 0.05) is 0 Å². The van der Waals surface area contributed by atoms with Crippen molar-refractivity contribution in [2.24, 2.45) is 0 Å². The first-order chi connectivity index (χ1) is 11.9. The standard InChI is InChI=1S/C3H6.C3H8.9C2H6/c1-2-3-1;1-3-2;9*1-2/h1-3H2;3H2,1-2H3;9*1-2H3. The Balaban J connectivity index is -0.0000000113. The summed E-state index contributed by atoms with van der Waals surface area (Å²) in [4.78, 5) is 0. The van der Waals surface area contributed by atoms with Crippen LogP contribution >= 0.6 is 0 Å². The van der Waals surface area contributed by atoms with Crippen molar-refractivity contribution in [2.75, 3.05) is 0 Å². The lowest BCUT2D eigenvalue weighted by atomic mass is 10.6. The molecule has 0 atom stereocenters. The smallest absolute Gasteiger partial charge is 0.0533 e. The van der Waals surface area contributed by atoms with Gasteiger partial charge in [0.2, 0.25) is 0 Å². The molecule has 0 nitrogen and oxygen atoms in total. The summed E-state index contributed by atoms with van der Waals surface area (Å²) >= 11 is 0. The van der Waals surface area contributed by atoms with Gasteiger partial charge in [0.25, 0.3) is 0 Å². The van der Waals surface area contributed by atoms with Crippen molar-refractivity contribution >= 4 is 0 Å². The van der Waals surface area contributed by atoms with E-state index in [9.17, 15) is 0 Å². The van der Waals surface area contributed by atoms with Crippen molar-refractivity contribution in [3.8, 4) is 0 Å². The van der Waals surface area contributed by atoms with Gasteiger partial charge in [0.05, 0.1) is 0 Å². The minimum atomic E-state index is 1.25. The quantitative estimate of drug-likeness (QED) is 0.404. The van der Waals surface area contributed by atoms with Crippen LogP contribution < -0.4 is 0 Å². The molecule has 0 aliphatic heterocycles. The molecule has 1 aliphatic carbocycles. The monoisotopic (exact) mass is 357 g/mol. The molecule has 0 heterocycles. The lowest BCUT2D eigenvalue weighted by Gasteiger charge is -1.48. The highest BCUT2D eigenvalue weighted by Crippen LogP contribution is 2.14. The fourth-order valence-electron chi connectivity index (χ4n) is 0. The number of rotatable bonds is 0. The van der Waals surface area contributed by atoms with E-state index >= 15 is 0 Å². The highest BCUT2D eigenvalue weighted by atomic mass is 14.0. The predicted octanol–water partition coefficient (Wildman–Crippen LogP) is 11.8. The molecule has 0 N–H and O–H groups in total. The molecule has 0 unspecified atom stereocenters. The molecule has 24 heavy (non-hydrogen) atoms. The van der Waals surface area contributed by atoms with Gasteiger partial charge >= 0.3 is 0 Å². The van der Waals surface area contributed by atoms with Crippen LogP contribution in [-0.2, 0) is 0 Å². The third-order valence-corrected chi connectivity index (χ3v) is 0.354. The third-order valence-electron chi connectivity index (χ3n) is 0.354. The van der Waals surface area contributed by atoms with Crippen LogP contribution in [0.2, 0.25) is 0 Å². The first-order valence-electron chi connectivity index (χ1n) is 11.9. The van der Waals surface area contributed by atoms with E-state index in [2.05, 4.69) is 13.8 Å². The van der Waals surface area contributed by atoms with Gasteiger partial charge in [-0.15, -0.1) is 0 Å². The molecule has 0 aromatic heterocycles. The highest BCUT2D eigenvalue weighted by molar-refractivity contribution is 4.50. The van der Waals surface area contributed by atoms with E-state index < -0.39 is 0 Å². The van der Waals surface area contributed by atoms with E-state index in [1.807, 2.05) is 125 Å². The summed E-state index contributed by atoms with van der Waals surface area (Å²) in [7, 11) is 0. The van der Waals surface area contributed by atoms with Crippen LogP contribution in [0.5, 0.6) is 0 Å². The van der Waals surface area contributed by atoms with Gasteiger partial charge in [-0.1, -0.05) is 164 Å². The Morgan fingerprint density at radius 3 is 0.333 bits per heavy atom. The number of hydrogen-bond acceptors (Lipinski definition) is 0. The Labute approximate surface area is 164 Å². The van der Waals surface area contributed by atoms with Gasteiger partial charge in [-0.3, -0.25) is 0 Å². The van der Waals surface area contributed by atoms with Crippen LogP contribution in [0.25, 0.3) is 0 Å². The molecule has 1 aliphatic rings. The van der Waals surface area contributed by atoms with E-state index in [1.54, 1.807) is 0 Å². The lowest BCUT2D eigenvalue weighted by Crippen LogP contribution is -1.27. The molecular weight excluding hydrogens is 288 g/mol. The average Bonchev–Trinajstić information content (AvgIpc) is 3.65. The van der Waals surface area contributed by atoms with Crippen LogP contribution in [0.3, 0.4) is 0 Å². The van der Waals surface area contributed by atoms with Crippen LogP contribution in [0.15, 0.2) is 0 Å². The zero-order valence-electron chi connectivity index (χ0n) is 22.8. The van der Waals surface area contributed by atoms with E-state index in [-0.39, 0.29) is 0 Å². The number of hydrogen-bond donors (Lipinski definition) is 0. The molecule has 0 saturated heterocycles. The molecule has 0 aromatic rings. The van der Waals surface area contributed by atoms with Crippen LogP contribution in [0, 0.1) is 0 Å². The topological polar surface area (TPSA) is 0 Å². The third kappa shape index (κ3) is 9700. The Hall–Kier alpha value is 0. The van der Waals surface area contributed by atoms with Crippen molar-refractivity contribution in [1.82, 2.24) is 0 Å². The largest absolute Gasteiger partial charge is 0.0683 e. The van der Waals surface area contributed by atoms with E-state index in [0.29, 0.717) is 0 Å². The molecule has 0 amide bonds. The Morgan fingerprint density at radius 2 is 0.333 bits per heavy atom. The molecule has 0 bridgehead atoms. The maximum atomic E-state index is 2.12. The van der Waals surface area contributed by atoms with Gasteiger partial charge in [-0.25, -0.2) is 0 Å². The normalized spacial score (nSPS) is 6.00. The summed E-state index contributed by atoms with van der Waals surface area (Å²) < 4.78 is 0. The summed E-state index contributed by atoms with van der Waals surface area (Å²) in [5.41, 5.74) is 0. The molecule has 0 radical (unpaired) electrons.